The van der Waals surface area contributed by atoms with E-state index in [-0.39, 0.29) is 5.56 Å². The number of alkyl halides is 3. The average Bonchev–Trinajstić information content (AvgIpc) is 3.02. The molecule has 0 radical (unpaired) electrons. The molecule has 0 unspecified atom stereocenters. The Labute approximate surface area is 155 Å². The van der Waals surface area contributed by atoms with Gasteiger partial charge in [0.2, 0.25) is 5.91 Å². The van der Waals surface area contributed by atoms with Crippen molar-refractivity contribution in [3.8, 4) is 11.1 Å². The Bertz CT molecular complexity index is 1130. The second-order valence-corrected chi connectivity index (χ2v) is 6.04. The minimum Gasteiger partial charge on any atom is -0.366 e. The number of halogens is 4. The van der Waals surface area contributed by atoms with Crippen molar-refractivity contribution in [3.05, 3.63) is 58.5 Å². The molecule has 10 heteroatoms. The topological polar surface area (TPSA) is 93.8 Å². The van der Waals surface area contributed by atoms with Crippen LogP contribution in [0.4, 0.5) is 17.6 Å². The van der Waals surface area contributed by atoms with Crippen molar-refractivity contribution in [3.63, 3.8) is 0 Å². The first-order chi connectivity index (χ1) is 13.1. The highest BCUT2D eigenvalue weighted by atomic mass is 19.4. The minimum atomic E-state index is -4.47. The van der Waals surface area contributed by atoms with Gasteiger partial charge in [-0.15, -0.1) is 0 Å². The number of aromatic amines is 1. The summed E-state index contributed by atoms with van der Waals surface area (Å²) in [6.45, 7) is -0.695. The number of nitrogens with one attached hydrogen (secondary N) is 1. The molecular weight excluding hydrogens is 380 g/mol. The summed E-state index contributed by atoms with van der Waals surface area (Å²) in [5, 5.41) is 0.587. The van der Waals surface area contributed by atoms with Crippen molar-refractivity contribution in [2.24, 2.45) is 5.73 Å². The number of primary amides is 1. The lowest BCUT2D eigenvalue weighted by atomic mass is 10.1. The van der Waals surface area contributed by atoms with Crippen LogP contribution in [0.25, 0.3) is 28.2 Å². The van der Waals surface area contributed by atoms with Gasteiger partial charge in [-0.3, -0.25) is 9.59 Å². The molecule has 0 atom stereocenters. The van der Waals surface area contributed by atoms with Gasteiger partial charge in [-0.05, 0) is 18.2 Å². The fourth-order valence-corrected chi connectivity index (χ4v) is 2.66. The van der Waals surface area contributed by atoms with E-state index in [1.807, 2.05) is 0 Å². The van der Waals surface area contributed by atoms with Crippen LogP contribution in [0.2, 0.25) is 0 Å². The van der Waals surface area contributed by atoms with Gasteiger partial charge in [-0.25, -0.2) is 9.37 Å². The Morgan fingerprint density at radius 2 is 2.04 bits per heavy atom. The summed E-state index contributed by atoms with van der Waals surface area (Å²) >= 11 is 0. The van der Waals surface area contributed by atoms with Gasteiger partial charge in [0.15, 0.2) is 5.82 Å². The second-order valence-electron chi connectivity index (χ2n) is 6.04. The monoisotopic (exact) mass is 394 g/mol. The zero-order valence-electron chi connectivity index (χ0n) is 14.3. The van der Waals surface area contributed by atoms with Crippen LogP contribution in [0.1, 0.15) is 12.0 Å². The van der Waals surface area contributed by atoms with E-state index < -0.39 is 36.4 Å². The molecule has 0 saturated carbocycles. The summed E-state index contributed by atoms with van der Waals surface area (Å²) in [5.74, 6) is -1.81. The van der Waals surface area contributed by atoms with Gasteiger partial charge in [0.25, 0.3) is 5.56 Å². The number of carbonyl (C=O) groups excluding carboxylic acids is 1. The maximum Gasteiger partial charge on any atom is 0.390 e. The smallest absolute Gasteiger partial charge is 0.366 e. The molecule has 28 heavy (non-hydrogen) atoms. The molecule has 0 bridgehead atoms. The number of hydrogen-bond donors (Lipinski definition) is 2. The summed E-state index contributed by atoms with van der Waals surface area (Å²) < 4.78 is 52.0. The molecule has 0 saturated heterocycles. The maximum absolute atomic E-state index is 14.0. The van der Waals surface area contributed by atoms with E-state index in [0.717, 1.165) is 18.3 Å². The van der Waals surface area contributed by atoms with Gasteiger partial charge in [-0.2, -0.15) is 13.2 Å². The van der Waals surface area contributed by atoms with E-state index in [4.69, 9.17) is 5.73 Å². The highest BCUT2D eigenvalue weighted by Gasteiger charge is 2.27. The third-order valence-electron chi connectivity index (χ3n) is 4.00. The zero-order chi connectivity index (χ0) is 20.5. The molecule has 0 aliphatic carbocycles. The molecule has 3 heterocycles. The molecule has 146 valence electrons. The van der Waals surface area contributed by atoms with E-state index in [1.54, 1.807) is 12.3 Å². The number of nitrogens with zero attached hydrogens (tertiary/aromatic N) is 2. The first-order valence-electron chi connectivity index (χ1n) is 8.06. The van der Waals surface area contributed by atoms with E-state index in [2.05, 4.69) is 9.97 Å². The predicted molar refractivity (Wildman–Crippen MR) is 94.6 cm³/mol. The van der Waals surface area contributed by atoms with E-state index in [0.29, 0.717) is 26.7 Å². The van der Waals surface area contributed by atoms with Gasteiger partial charge in [0.1, 0.15) is 5.65 Å². The molecule has 6 nitrogen and oxygen atoms in total. The van der Waals surface area contributed by atoms with Crippen LogP contribution in [-0.2, 0) is 11.3 Å². The fraction of sp³-hybridized carbons (Fsp3) is 0.167. The van der Waals surface area contributed by atoms with Gasteiger partial charge >= 0.3 is 6.18 Å². The van der Waals surface area contributed by atoms with Gasteiger partial charge in [0, 0.05) is 53.3 Å². The van der Waals surface area contributed by atoms with E-state index in [9.17, 15) is 27.2 Å². The Balaban J connectivity index is 2.04. The Morgan fingerprint density at radius 3 is 2.71 bits per heavy atom. The third kappa shape index (κ3) is 4.27. The zero-order valence-corrected chi connectivity index (χ0v) is 14.3. The van der Waals surface area contributed by atoms with Crippen LogP contribution in [0.3, 0.4) is 0 Å². The Kier molecular flexibility index (Phi) is 5.04. The van der Waals surface area contributed by atoms with Crippen LogP contribution in [0.5, 0.6) is 0 Å². The number of nitrogens with two attached hydrogens (primary N) is 1. The summed E-state index contributed by atoms with van der Waals surface area (Å²) in [5.41, 5.74) is 5.60. The molecule has 0 aliphatic rings. The maximum atomic E-state index is 14.0. The molecule has 0 fully saturated rings. The van der Waals surface area contributed by atoms with Gasteiger partial charge < -0.3 is 15.3 Å². The summed E-state index contributed by atoms with van der Waals surface area (Å²) in [7, 11) is 0. The number of aryl methyl sites for hydroxylation is 1. The van der Waals surface area contributed by atoms with Crippen LogP contribution in [0.15, 0.2) is 41.6 Å². The number of pyridine rings is 2. The third-order valence-corrected chi connectivity index (χ3v) is 4.00. The van der Waals surface area contributed by atoms with E-state index in [1.165, 1.54) is 12.3 Å². The van der Waals surface area contributed by atoms with Crippen molar-refractivity contribution < 1.29 is 22.4 Å². The molecule has 3 rings (SSSR count). The van der Waals surface area contributed by atoms with Crippen molar-refractivity contribution >= 4 is 23.0 Å². The van der Waals surface area contributed by atoms with Crippen LogP contribution >= 0.6 is 0 Å². The van der Waals surface area contributed by atoms with Crippen LogP contribution in [0, 0.1) is 5.82 Å². The Morgan fingerprint density at radius 1 is 1.29 bits per heavy atom. The number of hydrogen-bond acceptors (Lipinski definition) is 3. The number of carbonyl (C=O) groups is 1. The molecule has 0 spiro atoms. The SMILES string of the molecule is NC(=O)C=Cc1c[nH]c2ncc(-c3cc(F)c(=O)n(CCC(F)(F)F)c3)cc12. The molecule has 0 aromatic carbocycles. The van der Waals surface area contributed by atoms with Crippen LogP contribution in [-0.4, -0.2) is 26.6 Å². The first-order valence-corrected chi connectivity index (χ1v) is 8.06. The number of fused-ring (bicyclic) bond motifs is 1. The number of aromatic nitrogens is 3. The number of amides is 1. The van der Waals surface area contributed by atoms with E-state index >= 15 is 0 Å². The lowest BCUT2D eigenvalue weighted by molar-refractivity contribution is -0.136. The lowest BCUT2D eigenvalue weighted by Crippen LogP contribution is -2.25. The quantitative estimate of drug-likeness (QED) is 0.515. The summed E-state index contributed by atoms with van der Waals surface area (Å²) in [4.78, 5) is 29.8. The number of rotatable bonds is 5. The first kappa shape index (κ1) is 19.3. The predicted octanol–water partition coefficient (Wildman–Crippen LogP) is 2.98. The fourth-order valence-electron chi connectivity index (χ4n) is 2.66. The van der Waals surface area contributed by atoms with Gasteiger partial charge in [-0.1, -0.05) is 0 Å². The average molecular weight is 394 g/mol. The highest BCUT2D eigenvalue weighted by molar-refractivity contribution is 5.95. The largest absolute Gasteiger partial charge is 0.390 e. The van der Waals surface area contributed by atoms with Crippen LogP contribution < -0.4 is 11.3 Å². The normalized spacial score (nSPS) is 12.1. The van der Waals surface area contributed by atoms with Crippen molar-refractivity contribution in [1.82, 2.24) is 14.5 Å². The van der Waals surface area contributed by atoms with Crippen molar-refractivity contribution in [2.45, 2.75) is 19.1 Å². The minimum absolute atomic E-state index is 0.194. The van der Waals surface area contributed by atoms with Gasteiger partial charge in [0.05, 0.1) is 6.42 Å². The molecule has 1 amide bonds. The number of H-pyrrole nitrogens is 1. The summed E-state index contributed by atoms with van der Waals surface area (Å²) in [6.07, 6.45) is 1.04. The molecule has 3 aromatic heterocycles. The lowest BCUT2D eigenvalue weighted by Gasteiger charge is -2.11. The summed E-state index contributed by atoms with van der Waals surface area (Å²) in [6, 6.07) is 2.56. The Hall–Kier alpha value is -3.43. The van der Waals surface area contributed by atoms with Crippen molar-refractivity contribution in [2.75, 3.05) is 0 Å². The molecule has 0 aliphatic heterocycles. The molecule has 3 aromatic rings. The molecular formula is C18H14F4N4O2. The standard InChI is InChI=1S/C18H14F4N4O2/c19-14-6-12(9-26(17(14)28)4-3-18(20,21)22)11-5-13-10(1-2-15(23)27)7-24-16(13)25-8-11/h1-2,5-9H,3-4H2,(H2,23,27)(H,24,25). The second kappa shape index (κ2) is 7.29. The van der Waals surface area contributed by atoms with Crippen molar-refractivity contribution in [1.29, 1.82) is 0 Å². The highest BCUT2D eigenvalue weighted by Crippen LogP contribution is 2.26. The molecule has 3 N–H and O–H groups in total.